The van der Waals surface area contributed by atoms with Crippen LogP contribution in [0.4, 0.5) is 0 Å². The molecule has 2 atom stereocenters. The molecule has 1 fully saturated rings. The predicted molar refractivity (Wildman–Crippen MR) is 79.6 cm³/mol. The summed E-state index contributed by atoms with van der Waals surface area (Å²) in [4.78, 5) is 0. The fourth-order valence-corrected chi connectivity index (χ4v) is 2.10. The van der Waals surface area contributed by atoms with Crippen molar-refractivity contribution < 1.29 is 14.6 Å². The Balaban J connectivity index is 2.13. The van der Waals surface area contributed by atoms with E-state index in [2.05, 4.69) is 5.32 Å². The molecule has 2 rings (SSSR count). The van der Waals surface area contributed by atoms with E-state index in [4.69, 9.17) is 21.1 Å². The maximum Gasteiger partial charge on any atom is 0.180 e. The molecule has 1 saturated carbocycles. The van der Waals surface area contributed by atoms with Crippen LogP contribution in [0.3, 0.4) is 0 Å². The van der Waals surface area contributed by atoms with Gasteiger partial charge in [-0.2, -0.15) is 0 Å². The highest BCUT2D eigenvalue weighted by Crippen LogP contribution is 2.37. The molecule has 0 bridgehead atoms. The maximum absolute atomic E-state index is 9.52. The first-order chi connectivity index (χ1) is 9.51. The molecule has 1 aliphatic rings. The van der Waals surface area contributed by atoms with Crippen molar-refractivity contribution in [2.24, 2.45) is 0 Å². The number of rotatable bonds is 7. The van der Waals surface area contributed by atoms with E-state index in [1.807, 2.05) is 12.1 Å². The van der Waals surface area contributed by atoms with Gasteiger partial charge in [0.2, 0.25) is 0 Å². The van der Waals surface area contributed by atoms with E-state index in [0.717, 1.165) is 12.1 Å². The number of nitrogens with one attached hydrogen (secondary N) is 1. The zero-order valence-corrected chi connectivity index (χ0v) is 12.9. The molecular formula is C15H22ClNO3. The fraction of sp³-hybridized carbons (Fsp3) is 0.600. The van der Waals surface area contributed by atoms with E-state index < -0.39 is 6.10 Å². The molecule has 2 N–H and O–H groups in total. The predicted octanol–water partition coefficient (Wildman–Crippen LogP) is 2.75. The number of aliphatic hydroxyl groups excluding tert-OH is 1. The Hall–Kier alpha value is -0.970. The molecule has 1 aliphatic carbocycles. The van der Waals surface area contributed by atoms with Crippen molar-refractivity contribution in [3.8, 4) is 11.5 Å². The third-order valence-corrected chi connectivity index (χ3v) is 3.73. The van der Waals surface area contributed by atoms with E-state index in [1.54, 1.807) is 21.0 Å². The summed E-state index contributed by atoms with van der Waals surface area (Å²) in [5.41, 5.74) is 1.07. The topological polar surface area (TPSA) is 50.7 Å². The van der Waals surface area contributed by atoms with Crippen LogP contribution in [0.2, 0.25) is 5.02 Å². The van der Waals surface area contributed by atoms with Gasteiger partial charge < -0.3 is 19.9 Å². The Morgan fingerprint density at radius 3 is 2.65 bits per heavy atom. The summed E-state index contributed by atoms with van der Waals surface area (Å²) in [6.07, 6.45) is 1.57. The average Bonchev–Trinajstić information content (AvgIpc) is 3.22. The number of benzene rings is 1. The fourth-order valence-electron chi connectivity index (χ4n) is 1.82. The van der Waals surface area contributed by atoms with E-state index in [1.165, 1.54) is 12.8 Å². The summed E-state index contributed by atoms with van der Waals surface area (Å²) in [6, 6.07) is 4.44. The number of hydrogen-bond acceptors (Lipinski definition) is 4. The van der Waals surface area contributed by atoms with Crippen molar-refractivity contribution >= 4 is 11.6 Å². The van der Waals surface area contributed by atoms with Crippen molar-refractivity contribution in [3.63, 3.8) is 0 Å². The second-order valence-electron chi connectivity index (χ2n) is 5.33. The van der Waals surface area contributed by atoms with E-state index in [0.29, 0.717) is 22.6 Å². The van der Waals surface area contributed by atoms with Gasteiger partial charge >= 0.3 is 0 Å². The Bertz CT molecular complexity index is 461. The number of hydrogen-bond donors (Lipinski definition) is 2. The van der Waals surface area contributed by atoms with Gasteiger partial charge in [0.1, 0.15) is 6.10 Å². The molecule has 1 aromatic carbocycles. The van der Waals surface area contributed by atoms with Crippen LogP contribution in [0, 0.1) is 0 Å². The second-order valence-corrected chi connectivity index (χ2v) is 5.73. The lowest BCUT2D eigenvalue weighted by molar-refractivity contribution is 0.0587. The summed E-state index contributed by atoms with van der Waals surface area (Å²) in [5.74, 6) is 1.08. The highest BCUT2D eigenvalue weighted by molar-refractivity contribution is 6.32. The molecule has 0 amide bonds. The highest BCUT2D eigenvalue weighted by atomic mass is 35.5. The van der Waals surface area contributed by atoms with Gasteiger partial charge in [-0.25, -0.2) is 0 Å². The van der Waals surface area contributed by atoms with Crippen molar-refractivity contribution in [2.45, 2.75) is 51.5 Å². The number of methoxy groups -OCH3 is 1. The van der Waals surface area contributed by atoms with Crippen molar-refractivity contribution in [1.29, 1.82) is 0 Å². The molecule has 1 aromatic rings. The molecule has 0 saturated heterocycles. The van der Waals surface area contributed by atoms with Gasteiger partial charge in [-0.3, -0.25) is 0 Å². The van der Waals surface area contributed by atoms with Crippen LogP contribution in [0.15, 0.2) is 12.1 Å². The molecule has 0 heterocycles. The van der Waals surface area contributed by atoms with Crippen molar-refractivity contribution in [1.82, 2.24) is 5.32 Å². The molecule has 0 aliphatic heterocycles. The molecular weight excluding hydrogens is 278 g/mol. The molecule has 112 valence electrons. The van der Waals surface area contributed by atoms with Crippen LogP contribution in [0.25, 0.3) is 0 Å². The van der Waals surface area contributed by atoms with Gasteiger partial charge in [0, 0.05) is 12.6 Å². The van der Waals surface area contributed by atoms with Gasteiger partial charge in [-0.05, 0) is 44.4 Å². The van der Waals surface area contributed by atoms with Gasteiger partial charge in [-0.1, -0.05) is 11.6 Å². The zero-order valence-electron chi connectivity index (χ0n) is 12.1. The van der Waals surface area contributed by atoms with Crippen molar-refractivity contribution in [2.75, 3.05) is 7.11 Å². The first-order valence-corrected chi connectivity index (χ1v) is 7.33. The smallest absolute Gasteiger partial charge is 0.180 e. The first kappa shape index (κ1) is 15.4. The molecule has 2 unspecified atom stereocenters. The minimum absolute atomic E-state index is 0.350. The van der Waals surface area contributed by atoms with Crippen LogP contribution in [0.5, 0.6) is 11.5 Å². The van der Waals surface area contributed by atoms with Crippen LogP contribution in [-0.2, 0) is 6.54 Å². The molecule has 4 nitrogen and oxygen atoms in total. The quantitative estimate of drug-likeness (QED) is 0.813. The summed E-state index contributed by atoms with van der Waals surface area (Å²) in [7, 11) is 1.59. The summed E-state index contributed by atoms with van der Waals surface area (Å²) in [6.45, 7) is 4.24. The van der Waals surface area contributed by atoms with Crippen LogP contribution < -0.4 is 14.8 Å². The summed E-state index contributed by atoms with van der Waals surface area (Å²) >= 11 is 6.28. The normalized spacial score (nSPS) is 17.6. The lowest BCUT2D eigenvalue weighted by Crippen LogP contribution is -2.26. The monoisotopic (exact) mass is 299 g/mol. The van der Waals surface area contributed by atoms with Crippen LogP contribution in [-0.4, -0.2) is 30.5 Å². The Morgan fingerprint density at radius 1 is 1.40 bits per heavy atom. The lowest BCUT2D eigenvalue weighted by atomic mass is 10.2. The Kier molecular flexibility index (Phi) is 5.13. The average molecular weight is 300 g/mol. The molecule has 0 radical (unpaired) electrons. The van der Waals surface area contributed by atoms with Gasteiger partial charge in [0.05, 0.1) is 18.2 Å². The van der Waals surface area contributed by atoms with Gasteiger partial charge in [0.25, 0.3) is 0 Å². The minimum atomic E-state index is -0.577. The first-order valence-electron chi connectivity index (χ1n) is 6.95. The lowest BCUT2D eigenvalue weighted by Gasteiger charge is -2.20. The van der Waals surface area contributed by atoms with E-state index in [-0.39, 0.29) is 6.10 Å². The van der Waals surface area contributed by atoms with Crippen LogP contribution >= 0.6 is 11.6 Å². The maximum atomic E-state index is 9.52. The van der Waals surface area contributed by atoms with Gasteiger partial charge in [-0.15, -0.1) is 0 Å². The van der Waals surface area contributed by atoms with E-state index in [9.17, 15) is 5.11 Å². The summed E-state index contributed by atoms with van der Waals surface area (Å²) in [5, 5.41) is 13.5. The molecule has 20 heavy (non-hydrogen) atoms. The second kappa shape index (κ2) is 6.66. The van der Waals surface area contributed by atoms with E-state index >= 15 is 0 Å². The molecule has 0 spiro atoms. The highest BCUT2D eigenvalue weighted by Gasteiger charge is 2.21. The number of ether oxygens (including phenoxy) is 2. The summed E-state index contributed by atoms with van der Waals surface area (Å²) < 4.78 is 11.0. The Morgan fingerprint density at radius 2 is 2.10 bits per heavy atom. The molecule has 0 aromatic heterocycles. The third kappa shape index (κ3) is 4.01. The van der Waals surface area contributed by atoms with Crippen molar-refractivity contribution in [3.05, 3.63) is 22.7 Å². The number of halogens is 1. The molecule has 5 heteroatoms. The minimum Gasteiger partial charge on any atom is -0.493 e. The third-order valence-electron chi connectivity index (χ3n) is 3.44. The Labute approximate surface area is 125 Å². The van der Waals surface area contributed by atoms with Crippen LogP contribution in [0.1, 0.15) is 32.3 Å². The SMILES string of the molecule is COc1cc(CNC2CC2)cc(Cl)c1OC(C)C(C)O. The number of aliphatic hydroxyl groups is 1. The zero-order chi connectivity index (χ0) is 14.7. The van der Waals surface area contributed by atoms with Gasteiger partial charge in [0.15, 0.2) is 11.5 Å². The largest absolute Gasteiger partial charge is 0.493 e. The standard InChI is InChI=1S/C15H22ClNO3/c1-9(18)10(2)20-15-13(16)6-11(7-14(15)19-3)8-17-12-4-5-12/h6-7,9-10,12,17-18H,4-5,8H2,1-3H3.